The van der Waals surface area contributed by atoms with E-state index in [0.29, 0.717) is 5.95 Å². The van der Waals surface area contributed by atoms with Crippen molar-refractivity contribution in [2.75, 3.05) is 0 Å². The van der Waals surface area contributed by atoms with Crippen LogP contribution in [0.3, 0.4) is 0 Å². The van der Waals surface area contributed by atoms with Gasteiger partial charge in [0.2, 0.25) is 5.95 Å². The van der Waals surface area contributed by atoms with Gasteiger partial charge in [-0.3, -0.25) is 4.57 Å². The molecule has 0 saturated carbocycles. The van der Waals surface area contributed by atoms with Crippen LogP contribution in [0.4, 0.5) is 0 Å². The van der Waals surface area contributed by atoms with E-state index < -0.39 is 0 Å². The Bertz CT molecular complexity index is 2600. The number of hydrogen-bond donors (Lipinski definition) is 0. The topological polar surface area (TPSA) is 30.7 Å². The van der Waals surface area contributed by atoms with Gasteiger partial charge in [-0.15, -0.1) is 11.3 Å². The van der Waals surface area contributed by atoms with Gasteiger partial charge in [0, 0.05) is 32.5 Å². The number of benzene rings is 6. The molecule has 45 heavy (non-hydrogen) atoms. The van der Waals surface area contributed by atoms with Gasteiger partial charge in [0.1, 0.15) is 0 Å². The molecular formula is C41H25N3S. The van der Waals surface area contributed by atoms with Gasteiger partial charge in [0.25, 0.3) is 0 Å². The standard InChI is InChI=1S/C41H25N3S/c1-3-13-25(14-4-1)35-28-18-7-8-19-30(28)39-36(35)32-24-23-29-27-17-10-12-22-34(27)44(38(29)40(32)45-39)41-42-33-21-11-9-20-31(33)37(43-41)26-15-5-2-6-16-26/h1-24,35H. The fraction of sp³-hybridized carbons (Fsp3) is 0.0244. The smallest absolute Gasteiger partial charge is 0.235 e. The lowest BCUT2D eigenvalue weighted by Gasteiger charge is -2.15. The van der Waals surface area contributed by atoms with E-state index in [9.17, 15) is 0 Å². The number of para-hydroxylation sites is 2. The summed E-state index contributed by atoms with van der Waals surface area (Å²) < 4.78 is 3.59. The molecule has 3 nitrogen and oxygen atoms in total. The first-order valence-electron chi connectivity index (χ1n) is 15.3. The van der Waals surface area contributed by atoms with Gasteiger partial charge < -0.3 is 0 Å². The van der Waals surface area contributed by atoms with Gasteiger partial charge in [0.15, 0.2) is 0 Å². The van der Waals surface area contributed by atoms with E-state index in [4.69, 9.17) is 9.97 Å². The molecule has 6 aromatic carbocycles. The van der Waals surface area contributed by atoms with Crippen LogP contribution in [0.1, 0.15) is 22.6 Å². The average molecular weight is 592 g/mol. The monoisotopic (exact) mass is 591 g/mol. The summed E-state index contributed by atoms with van der Waals surface area (Å²) in [5, 5.41) is 4.79. The zero-order chi connectivity index (χ0) is 29.5. The maximum Gasteiger partial charge on any atom is 0.235 e. The predicted octanol–water partition coefficient (Wildman–Crippen LogP) is 10.8. The first-order chi connectivity index (χ1) is 22.3. The molecule has 0 radical (unpaired) electrons. The molecule has 3 aromatic heterocycles. The Labute approximate surface area is 263 Å². The van der Waals surface area contributed by atoms with Crippen molar-refractivity contribution in [1.29, 1.82) is 0 Å². The maximum absolute atomic E-state index is 5.34. The van der Waals surface area contributed by atoms with Gasteiger partial charge in [-0.05, 0) is 39.8 Å². The molecule has 1 atom stereocenters. The van der Waals surface area contributed by atoms with Crippen LogP contribution in [0.25, 0.3) is 70.4 Å². The second-order valence-corrected chi connectivity index (χ2v) is 12.7. The molecule has 1 unspecified atom stereocenters. The number of nitrogens with zero attached hydrogens (tertiary/aromatic N) is 3. The summed E-state index contributed by atoms with van der Waals surface area (Å²) >= 11 is 1.91. The molecule has 1 aliphatic carbocycles. The summed E-state index contributed by atoms with van der Waals surface area (Å²) in [6.45, 7) is 0. The highest BCUT2D eigenvalue weighted by Gasteiger charge is 2.34. The van der Waals surface area contributed by atoms with Crippen molar-refractivity contribution in [3.05, 3.63) is 162 Å². The molecule has 0 saturated heterocycles. The molecule has 0 N–H and O–H groups in total. The Morgan fingerprint density at radius 2 is 1.24 bits per heavy atom. The van der Waals surface area contributed by atoms with Crippen molar-refractivity contribution < 1.29 is 0 Å². The first kappa shape index (κ1) is 24.8. The second-order valence-electron chi connectivity index (χ2n) is 11.7. The number of rotatable bonds is 3. The van der Waals surface area contributed by atoms with Gasteiger partial charge in [-0.1, -0.05) is 133 Å². The second kappa shape index (κ2) is 9.46. The maximum atomic E-state index is 5.34. The minimum absolute atomic E-state index is 0.197. The molecule has 0 spiro atoms. The van der Waals surface area contributed by atoms with Crippen LogP contribution in [0.2, 0.25) is 0 Å². The lowest BCUT2D eigenvalue weighted by molar-refractivity contribution is 1.02. The fourth-order valence-corrected chi connectivity index (χ4v) is 8.82. The highest BCUT2D eigenvalue weighted by atomic mass is 32.1. The van der Waals surface area contributed by atoms with Crippen molar-refractivity contribution in [3.8, 4) is 27.6 Å². The van der Waals surface area contributed by atoms with E-state index >= 15 is 0 Å². The average Bonchev–Trinajstić information content (AvgIpc) is 3.76. The SMILES string of the molecule is c1ccc(-c2nc(-n3c4ccccc4c4ccc5c6c(sc5c43)-c3ccccc3C6c3ccccc3)nc3ccccc23)cc1. The summed E-state index contributed by atoms with van der Waals surface area (Å²) in [7, 11) is 0. The quantitative estimate of drug-likeness (QED) is 0.205. The minimum Gasteiger partial charge on any atom is -0.276 e. The Hall–Kier alpha value is -5.58. The third-order valence-corrected chi connectivity index (χ3v) is 10.6. The van der Waals surface area contributed by atoms with E-state index in [-0.39, 0.29) is 5.92 Å². The van der Waals surface area contributed by atoms with Crippen LogP contribution in [-0.4, -0.2) is 14.5 Å². The van der Waals surface area contributed by atoms with Crippen molar-refractivity contribution in [2.24, 2.45) is 0 Å². The van der Waals surface area contributed by atoms with Gasteiger partial charge >= 0.3 is 0 Å². The lowest BCUT2D eigenvalue weighted by atomic mass is 9.88. The predicted molar refractivity (Wildman–Crippen MR) is 188 cm³/mol. The summed E-state index contributed by atoms with van der Waals surface area (Å²) in [4.78, 5) is 11.9. The molecule has 4 heteroatoms. The van der Waals surface area contributed by atoms with E-state index in [1.54, 1.807) is 0 Å². The molecule has 0 amide bonds. The molecule has 3 heterocycles. The van der Waals surface area contributed by atoms with E-state index in [0.717, 1.165) is 27.7 Å². The van der Waals surface area contributed by atoms with Gasteiger partial charge in [0.05, 0.1) is 26.9 Å². The van der Waals surface area contributed by atoms with Crippen LogP contribution >= 0.6 is 11.3 Å². The highest BCUT2D eigenvalue weighted by molar-refractivity contribution is 7.23. The third kappa shape index (κ3) is 3.51. The van der Waals surface area contributed by atoms with E-state index in [1.807, 2.05) is 17.4 Å². The van der Waals surface area contributed by atoms with Crippen LogP contribution in [-0.2, 0) is 0 Å². The van der Waals surface area contributed by atoms with Crippen LogP contribution < -0.4 is 0 Å². The molecule has 0 aliphatic heterocycles. The Kier molecular flexibility index (Phi) is 5.22. The van der Waals surface area contributed by atoms with Gasteiger partial charge in [-0.25, -0.2) is 9.97 Å². The lowest BCUT2D eigenvalue weighted by Crippen LogP contribution is -2.03. The first-order valence-corrected chi connectivity index (χ1v) is 16.1. The Morgan fingerprint density at radius 1 is 0.556 bits per heavy atom. The molecule has 9 aromatic rings. The molecule has 10 rings (SSSR count). The van der Waals surface area contributed by atoms with Crippen molar-refractivity contribution >= 4 is 54.1 Å². The zero-order valence-corrected chi connectivity index (χ0v) is 25.0. The summed E-state index contributed by atoms with van der Waals surface area (Å²) in [6, 6.07) is 52.0. The molecule has 210 valence electrons. The zero-order valence-electron chi connectivity index (χ0n) is 24.2. The van der Waals surface area contributed by atoms with E-state index in [1.165, 1.54) is 53.5 Å². The molecule has 0 bridgehead atoms. The third-order valence-electron chi connectivity index (χ3n) is 9.31. The van der Waals surface area contributed by atoms with Crippen LogP contribution in [0.5, 0.6) is 0 Å². The molecule has 0 fully saturated rings. The number of hydrogen-bond acceptors (Lipinski definition) is 3. The number of fused-ring (bicyclic) bond motifs is 10. The van der Waals surface area contributed by atoms with E-state index in [2.05, 4.69) is 144 Å². The Balaban J connectivity index is 1.33. The summed E-state index contributed by atoms with van der Waals surface area (Å²) in [5.41, 5.74) is 10.7. The Morgan fingerprint density at radius 3 is 2.11 bits per heavy atom. The van der Waals surface area contributed by atoms with Crippen LogP contribution in [0, 0.1) is 0 Å². The van der Waals surface area contributed by atoms with Crippen molar-refractivity contribution in [3.63, 3.8) is 0 Å². The fourth-order valence-electron chi connectivity index (χ4n) is 7.40. The highest BCUT2D eigenvalue weighted by Crippen LogP contribution is 2.56. The van der Waals surface area contributed by atoms with Gasteiger partial charge in [-0.2, -0.15) is 0 Å². The minimum atomic E-state index is 0.197. The van der Waals surface area contributed by atoms with Crippen molar-refractivity contribution in [2.45, 2.75) is 5.92 Å². The number of aromatic nitrogens is 3. The van der Waals surface area contributed by atoms with Crippen LogP contribution in [0.15, 0.2) is 146 Å². The largest absolute Gasteiger partial charge is 0.276 e. The molecular weight excluding hydrogens is 567 g/mol. The summed E-state index contributed by atoms with van der Waals surface area (Å²) in [6.07, 6.45) is 0. The van der Waals surface area contributed by atoms with Crippen molar-refractivity contribution in [1.82, 2.24) is 14.5 Å². The summed E-state index contributed by atoms with van der Waals surface area (Å²) in [5.74, 6) is 0.892. The normalized spacial score (nSPS) is 14.0. The number of thiophene rings is 1. The molecule has 1 aliphatic rings.